The number of hydrogen-bond donors (Lipinski definition) is 2. The Bertz CT molecular complexity index is 1210. The molecule has 1 unspecified atom stereocenters. The third kappa shape index (κ3) is 4.82. The second-order valence-corrected chi connectivity index (χ2v) is 7.29. The Morgan fingerprint density at radius 3 is 2.67 bits per heavy atom. The van der Waals surface area contributed by atoms with E-state index in [0.717, 1.165) is 6.07 Å². The van der Waals surface area contributed by atoms with E-state index in [9.17, 15) is 18.4 Å². The van der Waals surface area contributed by atoms with Crippen LogP contribution in [-0.4, -0.2) is 23.3 Å². The Hall–Kier alpha value is -4.27. The van der Waals surface area contributed by atoms with Crippen molar-refractivity contribution in [2.75, 3.05) is 16.8 Å². The average molecular weight is 450 g/mol. The molecule has 0 saturated carbocycles. The van der Waals surface area contributed by atoms with E-state index in [2.05, 4.69) is 10.3 Å². The first-order valence-electron chi connectivity index (χ1n) is 10.1. The first-order chi connectivity index (χ1) is 16.0. The molecule has 33 heavy (non-hydrogen) atoms. The van der Waals surface area contributed by atoms with Gasteiger partial charge in [-0.25, -0.2) is 8.78 Å². The maximum Gasteiger partial charge on any atom is 0.239 e. The Kier molecular flexibility index (Phi) is 6.30. The number of anilines is 2. The predicted molar refractivity (Wildman–Crippen MR) is 119 cm³/mol. The lowest BCUT2D eigenvalue weighted by Crippen LogP contribution is -2.33. The monoisotopic (exact) mass is 450 g/mol. The fourth-order valence-corrected chi connectivity index (χ4v) is 3.52. The molecule has 1 atom stereocenters. The van der Waals surface area contributed by atoms with Gasteiger partial charge in [0, 0.05) is 30.2 Å². The van der Waals surface area contributed by atoms with Crippen molar-refractivity contribution in [3.63, 3.8) is 0 Å². The molecule has 7 nitrogen and oxygen atoms in total. The molecule has 1 fully saturated rings. The zero-order valence-electron chi connectivity index (χ0n) is 17.4. The fraction of sp³-hybridized carbons (Fsp3) is 0.125. The largest absolute Gasteiger partial charge is 0.452 e. The van der Waals surface area contributed by atoms with Gasteiger partial charge in [0.2, 0.25) is 11.8 Å². The van der Waals surface area contributed by atoms with Gasteiger partial charge in [-0.2, -0.15) is 0 Å². The number of ether oxygens (including phenoxy) is 1. The summed E-state index contributed by atoms with van der Waals surface area (Å²) in [7, 11) is 0. The van der Waals surface area contributed by atoms with E-state index in [-0.39, 0.29) is 11.4 Å². The van der Waals surface area contributed by atoms with Gasteiger partial charge in [-0.3, -0.25) is 14.6 Å². The zero-order chi connectivity index (χ0) is 23.4. The molecule has 1 aliphatic rings. The summed E-state index contributed by atoms with van der Waals surface area (Å²) in [5, 5.41) is 2.58. The quantitative estimate of drug-likeness (QED) is 0.552. The van der Waals surface area contributed by atoms with Gasteiger partial charge in [0.25, 0.3) is 0 Å². The molecule has 1 aromatic heterocycles. The molecule has 3 N–H and O–H groups in total. The van der Waals surface area contributed by atoms with Crippen molar-refractivity contribution in [3.05, 3.63) is 84.3 Å². The van der Waals surface area contributed by atoms with Crippen LogP contribution in [0.5, 0.6) is 11.5 Å². The van der Waals surface area contributed by atoms with Crippen LogP contribution < -0.4 is 20.7 Å². The number of benzene rings is 2. The van der Waals surface area contributed by atoms with Crippen LogP contribution in [0.3, 0.4) is 0 Å². The Morgan fingerprint density at radius 1 is 1.15 bits per heavy atom. The summed E-state index contributed by atoms with van der Waals surface area (Å²) in [6.45, 7) is 0.328. The summed E-state index contributed by atoms with van der Waals surface area (Å²) < 4.78 is 33.4. The van der Waals surface area contributed by atoms with Crippen LogP contribution in [0.1, 0.15) is 12.1 Å². The SMILES string of the molecule is NC=Cc1ncccc1Oc1ccc(NC(=O)C2CCN(c3ccc(F)cc3)C2=O)cc1F. The molecular formula is C24H20F2N4O3. The molecule has 2 heterocycles. The van der Waals surface area contributed by atoms with E-state index < -0.39 is 29.4 Å². The number of hydrogen-bond acceptors (Lipinski definition) is 5. The van der Waals surface area contributed by atoms with E-state index in [0.29, 0.717) is 30.1 Å². The third-order valence-corrected chi connectivity index (χ3v) is 5.13. The number of halogens is 2. The molecule has 0 spiro atoms. The van der Waals surface area contributed by atoms with E-state index in [4.69, 9.17) is 10.5 Å². The van der Waals surface area contributed by atoms with E-state index >= 15 is 0 Å². The van der Waals surface area contributed by atoms with Crippen molar-refractivity contribution in [2.24, 2.45) is 11.7 Å². The number of amides is 2. The highest BCUT2D eigenvalue weighted by Gasteiger charge is 2.37. The van der Waals surface area contributed by atoms with Crippen LogP contribution in [-0.2, 0) is 9.59 Å². The molecule has 0 bridgehead atoms. The summed E-state index contributed by atoms with van der Waals surface area (Å²) in [6, 6.07) is 12.7. The summed E-state index contributed by atoms with van der Waals surface area (Å²) in [5.41, 5.74) is 6.53. The van der Waals surface area contributed by atoms with Crippen molar-refractivity contribution >= 4 is 29.3 Å². The zero-order valence-corrected chi connectivity index (χ0v) is 17.4. The Morgan fingerprint density at radius 2 is 1.94 bits per heavy atom. The minimum atomic E-state index is -0.921. The standard InChI is InChI=1S/C24H20F2N4O3/c25-15-3-6-17(7-4-15)30-13-10-18(24(30)32)23(31)29-16-5-8-21(19(26)14-16)33-22-2-1-12-28-20(22)9-11-27/h1-9,11-12,14,18H,10,13,27H2,(H,29,31). The smallest absolute Gasteiger partial charge is 0.239 e. The molecule has 1 saturated heterocycles. The van der Waals surface area contributed by atoms with Crippen LogP contribution in [0.15, 0.2) is 67.0 Å². The minimum absolute atomic E-state index is 0.0629. The minimum Gasteiger partial charge on any atom is -0.452 e. The van der Waals surface area contributed by atoms with Gasteiger partial charge in [0.15, 0.2) is 17.3 Å². The van der Waals surface area contributed by atoms with E-state index in [1.807, 2.05) is 0 Å². The summed E-state index contributed by atoms with van der Waals surface area (Å²) >= 11 is 0. The van der Waals surface area contributed by atoms with Gasteiger partial charge >= 0.3 is 0 Å². The van der Waals surface area contributed by atoms with Gasteiger partial charge in [0.1, 0.15) is 17.4 Å². The molecule has 0 aliphatic carbocycles. The second kappa shape index (κ2) is 9.47. The lowest BCUT2D eigenvalue weighted by Gasteiger charge is -2.17. The van der Waals surface area contributed by atoms with Crippen LogP contribution in [0.25, 0.3) is 6.08 Å². The van der Waals surface area contributed by atoms with Crippen molar-refractivity contribution < 1.29 is 23.1 Å². The number of nitrogens with zero attached hydrogens (tertiary/aromatic N) is 2. The van der Waals surface area contributed by atoms with Crippen molar-refractivity contribution in [1.82, 2.24) is 4.98 Å². The maximum atomic E-state index is 14.6. The summed E-state index contributed by atoms with van der Waals surface area (Å²) in [6.07, 6.45) is 4.67. The maximum absolute atomic E-state index is 14.6. The molecule has 9 heteroatoms. The molecular weight excluding hydrogens is 430 g/mol. The van der Waals surface area contributed by atoms with Crippen LogP contribution in [0, 0.1) is 17.6 Å². The molecule has 1 aliphatic heterocycles. The van der Waals surface area contributed by atoms with Gasteiger partial charge in [-0.1, -0.05) is 0 Å². The highest BCUT2D eigenvalue weighted by atomic mass is 19.1. The topological polar surface area (TPSA) is 97.6 Å². The van der Waals surface area contributed by atoms with E-state index in [1.165, 1.54) is 53.6 Å². The molecule has 2 aromatic carbocycles. The third-order valence-electron chi connectivity index (χ3n) is 5.13. The second-order valence-electron chi connectivity index (χ2n) is 7.29. The van der Waals surface area contributed by atoms with Gasteiger partial charge in [-0.05, 0) is 67.2 Å². The molecule has 4 rings (SSSR count). The predicted octanol–water partition coefficient (Wildman–Crippen LogP) is 4.07. The summed E-state index contributed by atoms with van der Waals surface area (Å²) in [5.74, 6) is -2.72. The lowest BCUT2D eigenvalue weighted by molar-refractivity contribution is -0.129. The Labute approximate surface area is 188 Å². The average Bonchev–Trinajstić information content (AvgIpc) is 3.19. The molecule has 2 amide bonds. The number of carbonyl (C=O) groups is 2. The van der Waals surface area contributed by atoms with Gasteiger partial charge < -0.3 is 20.7 Å². The number of nitrogens with two attached hydrogens (primary N) is 1. The number of pyridine rings is 1. The highest BCUT2D eigenvalue weighted by molar-refractivity contribution is 6.13. The van der Waals surface area contributed by atoms with Crippen LogP contribution >= 0.6 is 0 Å². The van der Waals surface area contributed by atoms with Crippen LogP contribution in [0.4, 0.5) is 20.2 Å². The molecule has 0 radical (unpaired) electrons. The lowest BCUT2D eigenvalue weighted by atomic mass is 10.1. The normalized spacial score (nSPS) is 15.8. The Balaban J connectivity index is 1.43. The summed E-state index contributed by atoms with van der Waals surface area (Å²) in [4.78, 5) is 30.9. The van der Waals surface area contributed by atoms with Gasteiger partial charge in [-0.15, -0.1) is 0 Å². The van der Waals surface area contributed by atoms with Crippen LogP contribution in [0.2, 0.25) is 0 Å². The number of carbonyl (C=O) groups excluding carboxylic acids is 2. The fourth-order valence-electron chi connectivity index (χ4n) is 3.52. The van der Waals surface area contributed by atoms with Crippen molar-refractivity contribution in [3.8, 4) is 11.5 Å². The number of rotatable bonds is 6. The van der Waals surface area contributed by atoms with E-state index in [1.54, 1.807) is 18.3 Å². The molecule has 168 valence electrons. The highest BCUT2D eigenvalue weighted by Crippen LogP contribution is 2.30. The first kappa shape index (κ1) is 21.9. The number of nitrogens with one attached hydrogen (secondary N) is 1. The van der Waals surface area contributed by atoms with Crippen molar-refractivity contribution in [2.45, 2.75) is 6.42 Å². The number of aromatic nitrogens is 1. The van der Waals surface area contributed by atoms with Crippen molar-refractivity contribution in [1.29, 1.82) is 0 Å². The molecule has 3 aromatic rings. The van der Waals surface area contributed by atoms with Gasteiger partial charge in [0.05, 0.1) is 0 Å². The first-order valence-corrected chi connectivity index (χ1v) is 10.1.